The van der Waals surface area contributed by atoms with Crippen LogP contribution in [0.5, 0.6) is 0 Å². The standard InChI is InChI=1S/C28H28N4O/c1-28-16-25(30-31-26(28)17-28)21-8-7-20-9-10-24(15-23(20)14-21)29-27(33)22-6-4-5-19(13-22)18-32-11-2-3-12-32/h4-10,13-16,26H,2-3,11-12,17-18H2,1H3,(H,29,33)/t26-,28?/m1/s1. The SMILES string of the molecule is CC12C=C(c3ccc4ccc(NC(=O)c5cccc(CN6CCCC6)c5)cc4c3)N=N[C@@H]1C2. The van der Waals surface area contributed by atoms with E-state index in [4.69, 9.17) is 0 Å². The van der Waals surface area contributed by atoms with E-state index in [9.17, 15) is 4.79 Å². The van der Waals surface area contributed by atoms with E-state index in [1.807, 2.05) is 36.4 Å². The van der Waals surface area contributed by atoms with Gasteiger partial charge in [-0.1, -0.05) is 37.3 Å². The Balaban J connectivity index is 1.21. The summed E-state index contributed by atoms with van der Waals surface area (Å²) in [4.78, 5) is 15.4. The second-order valence-corrected chi connectivity index (χ2v) is 9.89. The second-order valence-electron chi connectivity index (χ2n) is 9.89. The molecule has 1 aliphatic carbocycles. The van der Waals surface area contributed by atoms with Gasteiger partial charge in [0.1, 0.15) is 0 Å². The first-order chi connectivity index (χ1) is 16.1. The fourth-order valence-corrected chi connectivity index (χ4v) is 5.00. The Hall–Kier alpha value is -3.31. The molecule has 3 aliphatic rings. The van der Waals surface area contributed by atoms with Crippen LogP contribution in [0, 0.1) is 5.41 Å². The van der Waals surface area contributed by atoms with Crippen molar-refractivity contribution in [3.8, 4) is 0 Å². The number of carbonyl (C=O) groups excluding carboxylic acids is 1. The number of benzene rings is 3. The number of fused-ring (bicyclic) bond motifs is 2. The minimum atomic E-state index is -0.0785. The zero-order valence-corrected chi connectivity index (χ0v) is 18.9. The van der Waals surface area contributed by atoms with Crippen molar-refractivity contribution in [1.29, 1.82) is 0 Å². The minimum Gasteiger partial charge on any atom is -0.322 e. The van der Waals surface area contributed by atoms with Crippen molar-refractivity contribution in [2.75, 3.05) is 18.4 Å². The van der Waals surface area contributed by atoms with Crippen molar-refractivity contribution < 1.29 is 4.79 Å². The number of likely N-dealkylation sites (tertiary alicyclic amines) is 1. The van der Waals surface area contributed by atoms with E-state index in [-0.39, 0.29) is 11.3 Å². The molecule has 1 amide bonds. The monoisotopic (exact) mass is 436 g/mol. The van der Waals surface area contributed by atoms with E-state index in [1.54, 1.807) is 0 Å². The van der Waals surface area contributed by atoms with Gasteiger partial charge in [-0.2, -0.15) is 10.2 Å². The average Bonchev–Trinajstić information content (AvgIpc) is 3.24. The molecule has 0 bridgehead atoms. The number of azo groups is 1. The summed E-state index contributed by atoms with van der Waals surface area (Å²) < 4.78 is 0. The van der Waals surface area contributed by atoms with Crippen LogP contribution in [0.3, 0.4) is 0 Å². The maximum Gasteiger partial charge on any atom is 0.255 e. The van der Waals surface area contributed by atoms with Crippen LogP contribution in [0.25, 0.3) is 16.5 Å². The normalized spacial score (nSPS) is 23.9. The van der Waals surface area contributed by atoms with Crippen molar-refractivity contribution in [3.05, 3.63) is 83.4 Å². The lowest BCUT2D eigenvalue weighted by molar-refractivity contribution is 0.102. The molecule has 2 heterocycles. The minimum absolute atomic E-state index is 0.0785. The average molecular weight is 437 g/mol. The lowest BCUT2D eigenvalue weighted by atomic mass is 10.00. The lowest BCUT2D eigenvalue weighted by Crippen LogP contribution is -2.19. The van der Waals surface area contributed by atoms with Crippen molar-refractivity contribution in [2.45, 2.75) is 38.8 Å². The van der Waals surface area contributed by atoms with Crippen LogP contribution in [0.4, 0.5) is 5.69 Å². The summed E-state index contributed by atoms with van der Waals surface area (Å²) in [5.74, 6) is -0.0785. The second kappa shape index (κ2) is 7.92. The largest absolute Gasteiger partial charge is 0.322 e. The molecule has 2 atom stereocenters. The van der Waals surface area contributed by atoms with Crippen molar-refractivity contribution in [1.82, 2.24) is 4.90 Å². The number of amides is 1. The van der Waals surface area contributed by atoms with Crippen LogP contribution in [0.1, 0.15) is 47.7 Å². The van der Waals surface area contributed by atoms with Crippen LogP contribution in [-0.2, 0) is 6.54 Å². The smallest absolute Gasteiger partial charge is 0.255 e. The van der Waals surface area contributed by atoms with Crippen molar-refractivity contribution in [2.24, 2.45) is 15.6 Å². The Bertz CT molecular complexity index is 1300. The van der Waals surface area contributed by atoms with Gasteiger partial charge in [0.2, 0.25) is 0 Å². The number of nitrogens with zero attached hydrogens (tertiary/aromatic N) is 3. The van der Waals surface area contributed by atoms with Crippen molar-refractivity contribution in [3.63, 3.8) is 0 Å². The highest BCUT2D eigenvalue weighted by molar-refractivity contribution is 6.05. The van der Waals surface area contributed by atoms with Gasteiger partial charge in [-0.05, 0) is 85.1 Å². The number of anilines is 1. The van der Waals surface area contributed by atoms with Gasteiger partial charge in [0.15, 0.2) is 0 Å². The Labute approximate surface area is 194 Å². The third-order valence-electron chi connectivity index (χ3n) is 7.19. The fraction of sp³-hybridized carbons (Fsp3) is 0.321. The third-order valence-corrected chi connectivity index (χ3v) is 7.19. The predicted molar refractivity (Wildman–Crippen MR) is 132 cm³/mol. The molecule has 1 saturated carbocycles. The predicted octanol–water partition coefficient (Wildman–Crippen LogP) is 6.27. The van der Waals surface area contributed by atoms with Crippen LogP contribution in [-0.4, -0.2) is 29.9 Å². The molecule has 3 aromatic carbocycles. The molecule has 0 aromatic heterocycles. The van der Waals surface area contributed by atoms with Gasteiger partial charge >= 0.3 is 0 Å². The maximum atomic E-state index is 13.0. The molecule has 1 saturated heterocycles. The van der Waals surface area contributed by atoms with Crippen molar-refractivity contribution >= 4 is 28.1 Å². The molecule has 5 nitrogen and oxygen atoms in total. The number of hydrogen-bond donors (Lipinski definition) is 1. The third kappa shape index (κ3) is 4.09. The van der Waals surface area contributed by atoms with E-state index in [2.05, 4.69) is 57.7 Å². The molecule has 0 radical (unpaired) electrons. The molecule has 2 fully saturated rings. The summed E-state index contributed by atoms with van der Waals surface area (Å²) >= 11 is 0. The first-order valence-corrected chi connectivity index (χ1v) is 11.9. The zero-order valence-electron chi connectivity index (χ0n) is 18.9. The van der Waals surface area contributed by atoms with E-state index < -0.39 is 0 Å². The lowest BCUT2D eigenvalue weighted by Gasteiger charge is -2.15. The molecule has 5 heteroatoms. The summed E-state index contributed by atoms with van der Waals surface area (Å²) in [5.41, 5.74) is 4.86. The van der Waals surface area contributed by atoms with E-state index in [1.165, 1.54) is 18.4 Å². The molecule has 166 valence electrons. The quantitative estimate of drug-likeness (QED) is 0.512. The summed E-state index contributed by atoms with van der Waals surface area (Å²) in [6.45, 7) is 5.44. The Morgan fingerprint density at radius 2 is 1.91 bits per heavy atom. The summed E-state index contributed by atoms with van der Waals surface area (Å²) in [6, 6.07) is 20.7. The molecule has 3 aromatic rings. The molecular weight excluding hydrogens is 408 g/mol. The highest BCUT2D eigenvalue weighted by Gasteiger charge is 2.51. The molecule has 6 rings (SSSR count). The van der Waals surface area contributed by atoms with E-state index in [0.717, 1.165) is 53.8 Å². The summed E-state index contributed by atoms with van der Waals surface area (Å²) in [6.07, 6.45) is 5.88. The Kier molecular flexibility index (Phi) is 4.88. The van der Waals surface area contributed by atoms with Crippen LogP contribution in [0.15, 0.2) is 77.0 Å². The summed E-state index contributed by atoms with van der Waals surface area (Å²) in [7, 11) is 0. The number of nitrogens with one attached hydrogen (secondary N) is 1. The fourth-order valence-electron chi connectivity index (χ4n) is 5.00. The topological polar surface area (TPSA) is 57.1 Å². The Morgan fingerprint density at radius 3 is 2.76 bits per heavy atom. The highest BCUT2D eigenvalue weighted by atomic mass is 16.1. The summed E-state index contributed by atoms with van der Waals surface area (Å²) in [5, 5.41) is 14.2. The van der Waals surface area contributed by atoms with Gasteiger partial charge in [0, 0.05) is 28.8 Å². The molecule has 2 aliphatic heterocycles. The van der Waals surface area contributed by atoms with Gasteiger partial charge in [-0.25, -0.2) is 0 Å². The molecule has 1 unspecified atom stereocenters. The van der Waals surface area contributed by atoms with Gasteiger partial charge in [0.05, 0.1) is 11.7 Å². The Morgan fingerprint density at radius 1 is 1.06 bits per heavy atom. The number of hydrogen-bond acceptors (Lipinski definition) is 4. The van der Waals surface area contributed by atoms with Crippen LogP contribution < -0.4 is 5.32 Å². The van der Waals surface area contributed by atoms with Crippen LogP contribution in [0.2, 0.25) is 0 Å². The molecular formula is C28H28N4O. The van der Waals surface area contributed by atoms with E-state index in [0.29, 0.717) is 11.6 Å². The van der Waals surface area contributed by atoms with Crippen LogP contribution >= 0.6 is 0 Å². The van der Waals surface area contributed by atoms with Gasteiger partial charge < -0.3 is 5.32 Å². The highest BCUT2D eigenvalue weighted by Crippen LogP contribution is 2.53. The number of carbonyl (C=O) groups is 1. The van der Waals surface area contributed by atoms with E-state index >= 15 is 0 Å². The first-order valence-electron chi connectivity index (χ1n) is 11.9. The van der Waals surface area contributed by atoms with Gasteiger partial charge in [-0.15, -0.1) is 0 Å². The zero-order chi connectivity index (χ0) is 22.4. The number of rotatable bonds is 5. The van der Waals surface area contributed by atoms with Gasteiger partial charge in [-0.3, -0.25) is 9.69 Å². The first kappa shape index (κ1) is 20.3. The molecule has 1 N–H and O–H groups in total. The maximum absolute atomic E-state index is 13.0. The van der Waals surface area contributed by atoms with Gasteiger partial charge in [0.25, 0.3) is 5.91 Å². The molecule has 0 spiro atoms. The molecule has 33 heavy (non-hydrogen) atoms.